The molecule has 1 N–H and O–H groups in total. The standard InChI is InChI=1S/C40H81NO3/c1-11-15-19-22-25-30-40(10,29-24-21-17-13-3)41-33-35-44-38(7,8)32-34-43-37(5,6)31-26-36(42)39(9,27-18-14-4)28-23-20-16-12-2/h41H,11-35H2,1-10H3. The Bertz CT molecular complexity index is 690. The van der Waals surface area contributed by atoms with Gasteiger partial charge in [0.25, 0.3) is 0 Å². The monoisotopic (exact) mass is 624 g/mol. The summed E-state index contributed by atoms with van der Waals surface area (Å²) < 4.78 is 12.8. The van der Waals surface area contributed by atoms with Gasteiger partial charge in [0.2, 0.25) is 0 Å². The van der Waals surface area contributed by atoms with Gasteiger partial charge >= 0.3 is 0 Å². The SMILES string of the molecule is CCCCCCCC(C)(CCCCCC)NCCOC(C)(C)CCOC(C)(C)CCC(=O)C(C)(CCCC)CCCCCC. The second kappa shape index (κ2) is 24.7. The largest absolute Gasteiger partial charge is 0.375 e. The minimum Gasteiger partial charge on any atom is -0.375 e. The molecule has 0 saturated heterocycles. The maximum Gasteiger partial charge on any atom is 0.138 e. The minimum atomic E-state index is -0.308. The Morgan fingerprint density at radius 2 is 0.932 bits per heavy atom. The van der Waals surface area contributed by atoms with Crippen molar-refractivity contribution >= 4 is 5.78 Å². The van der Waals surface area contributed by atoms with Crippen LogP contribution in [0.3, 0.4) is 0 Å². The Kier molecular flexibility index (Phi) is 24.4. The molecule has 0 radical (unpaired) electrons. The van der Waals surface area contributed by atoms with Crippen LogP contribution in [0, 0.1) is 5.41 Å². The summed E-state index contributed by atoms with van der Waals surface area (Å²) in [6.45, 7) is 24.6. The minimum absolute atomic E-state index is 0.176. The second-order valence-corrected chi connectivity index (χ2v) is 15.8. The van der Waals surface area contributed by atoms with Gasteiger partial charge in [-0.2, -0.15) is 0 Å². The molecule has 2 unspecified atom stereocenters. The first-order chi connectivity index (χ1) is 20.8. The highest BCUT2D eigenvalue weighted by Gasteiger charge is 2.33. The molecule has 0 heterocycles. The van der Waals surface area contributed by atoms with Crippen LogP contribution in [0.5, 0.6) is 0 Å². The van der Waals surface area contributed by atoms with E-state index in [-0.39, 0.29) is 22.2 Å². The van der Waals surface area contributed by atoms with Crippen molar-refractivity contribution in [2.75, 3.05) is 19.8 Å². The summed E-state index contributed by atoms with van der Waals surface area (Å²) in [4.78, 5) is 13.4. The summed E-state index contributed by atoms with van der Waals surface area (Å²) in [5.41, 5.74) is -0.509. The highest BCUT2D eigenvalue weighted by Crippen LogP contribution is 2.35. The van der Waals surface area contributed by atoms with Crippen molar-refractivity contribution in [1.29, 1.82) is 0 Å². The van der Waals surface area contributed by atoms with Crippen molar-refractivity contribution in [2.45, 2.75) is 227 Å². The van der Waals surface area contributed by atoms with Crippen LogP contribution in [-0.2, 0) is 14.3 Å². The Labute approximate surface area is 277 Å². The molecule has 0 aromatic heterocycles. The third kappa shape index (κ3) is 22.1. The average molecular weight is 624 g/mol. The number of ketones is 1. The summed E-state index contributed by atoms with van der Waals surface area (Å²) in [5.74, 6) is 0.439. The molecule has 4 nitrogen and oxygen atoms in total. The molecule has 0 fully saturated rings. The first kappa shape index (κ1) is 43.5. The van der Waals surface area contributed by atoms with E-state index in [9.17, 15) is 4.79 Å². The predicted molar refractivity (Wildman–Crippen MR) is 194 cm³/mol. The van der Waals surface area contributed by atoms with E-state index in [1.807, 2.05) is 0 Å². The fraction of sp³-hybridized carbons (Fsp3) is 0.975. The number of hydrogen-bond donors (Lipinski definition) is 1. The van der Waals surface area contributed by atoms with Crippen molar-refractivity contribution in [1.82, 2.24) is 5.32 Å². The van der Waals surface area contributed by atoms with Crippen LogP contribution in [0.1, 0.15) is 210 Å². The number of rotatable bonds is 32. The molecule has 264 valence electrons. The average Bonchev–Trinajstić information content (AvgIpc) is 2.97. The van der Waals surface area contributed by atoms with Gasteiger partial charge in [0, 0.05) is 23.9 Å². The summed E-state index contributed by atoms with van der Waals surface area (Å²) in [5, 5.41) is 3.90. The van der Waals surface area contributed by atoms with Crippen LogP contribution in [0.4, 0.5) is 0 Å². The van der Waals surface area contributed by atoms with Gasteiger partial charge in [-0.05, 0) is 73.1 Å². The van der Waals surface area contributed by atoms with E-state index in [0.717, 1.165) is 51.7 Å². The molecule has 2 atom stereocenters. The van der Waals surface area contributed by atoms with E-state index in [1.54, 1.807) is 0 Å². The molecule has 0 aromatic rings. The molecule has 0 saturated carbocycles. The van der Waals surface area contributed by atoms with E-state index < -0.39 is 0 Å². The lowest BCUT2D eigenvalue weighted by atomic mass is 9.74. The highest BCUT2D eigenvalue weighted by molar-refractivity contribution is 5.84. The number of carbonyl (C=O) groups excluding carboxylic acids is 1. The number of unbranched alkanes of at least 4 members (excludes halogenated alkanes) is 11. The molecule has 44 heavy (non-hydrogen) atoms. The summed E-state index contributed by atoms with van der Waals surface area (Å²) >= 11 is 0. The van der Waals surface area contributed by atoms with Crippen LogP contribution in [0.15, 0.2) is 0 Å². The number of ether oxygens (including phenoxy) is 2. The van der Waals surface area contributed by atoms with Crippen molar-refractivity contribution in [3.05, 3.63) is 0 Å². The summed E-state index contributed by atoms with van der Waals surface area (Å²) in [6.07, 6.45) is 26.0. The van der Waals surface area contributed by atoms with Gasteiger partial charge in [0.15, 0.2) is 0 Å². The first-order valence-electron chi connectivity index (χ1n) is 19.3. The van der Waals surface area contributed by atoms with Crippen LogP contribution >= 0.6 is 0 Å². The van der Waals surface area contributed by atoms with E-state index in [4.69, 9.17) is 9.47 Å². The zero-order chi connectivity index (χ0) is 33.4. The van der Waals surface area contributed by atoms with Crippen LogP contribution < -0.4 is 5.32 Å². The maximum atomic E-state index is 13.4. The molecule has 0 rings (SSSR count). The molecule has 0 spiro atoms. The lowest BCUT2D eigenvalue weighted by molar-refractivity contribution is -0.131. The van der Waals surface area contributed by atoms with Gasteiger partial charge in [0.05, 0.1) is 24.4 Å². The van der Waals surface area contributed by atoms with Gasteiger partial charge in [-0.25, -0.2) is 0 Å². The van der Waals surface area contributed by atoms with E-state index in [2.05, 4.69) is 74.6 Å². The summed E-state index contributed by atoms with van der Waals surface area (Å²) in [6, 6.07) is 0. The van der Waals surface area contributed by atoms with Gasteiger partial charge < -0.3 is 14.8 Å². The Morgan fingerprint density at radius 1 is 0.500 bits per heavy atom. The maximum absolute atomic E-state index is 13.4. The lowest BCUT2D eigenvalue weighted by Gasteiger charge is -2.33. The normalized spacial score (nSPS) is 15.3. The van der Waals surface area contributed by atoms with Crippen molar-refractivity contribution in [3.63, 3.8) is 0 Å². The zero-order valence-electron chi connectivity index (χ0n) is 31.9. The molecule has 4 heteroatoms. The van der Waals surface area contributed by atoms with Crippen molar-refractivity contribution in [2.24, 2.45) is 5.41 Å². The summed E-state index contributed by atoms with van der Waals surface area (Å²) in [7, 11) is 0. The van der Waals surface area contributed by atoms with Crippen LogP contribution in [0.2, 0.25) is 0 Å². The predicted octanol–water partition coefficient (Wildman–Crippen LogP) is 12.2. The Morgan fingerprint density at radius 3 is 1.48 bits per heavy atom. The van der Waals surface area contributed by atoms with Gasteiger partial charge in [-0.1, -0.05) is 131 Å². The van der Waals surface area contributed by atoms with E-state index in [1.165, 1.54) is 96.3 Å². The molecule has 0 bridgehead atoms. The van der Waals surface area contributed by atoms with Crippen molar-refractivity contribution in [3.8, 4) is 0 Å². The number of nitrogens with one attached hydrogen (secondary N) is 1. The third-order valence-electron chi connectivity index (χ3n) is 10.0. The van der Waals surface area contributed by atoms with E-state index in [0.29, 0.717) is 18.8 Å². The number of hydrogen-bond acceptors (Lipinski definition) is 4. The highest BCUT2D eigenvalue weighted by atomic mass is 16.5. The second-order valence-electron chi connectivity index (χ2n) is 15.8. The van der Waals surface area contributed by atoms with Crippen molar-refractivity contribution < 1.29 is 14.3 Å². The number of carbonyl (C=O) groups is 1. The fourth-order valence-electron chi connectivity index (χ4n) is 6.39. The molecule has 0 aliphatic carbocycles. The van der Waals surface area contributed by atoms with Gasteiger partial charge in [-0.3, -0.25) is 4.79 Å². The molecule has 0 aliphatic rings. The molecule has 0 aliphatic heterocycles. The Hall–Kier alpha value is -0.450. The molecule has 0 aromatic carbocycles. The quantitative estimate of drug-likeness (QED) is 0.0757. The van der Waals surface area contributed by atoms with Crippen LogP contribution in [-0.4, -0.2) is 42.3 Å². The fourth-order valence-corrected chi connectivity index (χ4v) is 6.39. The zero-order valence-corrected chi connectivity index (χ0v) is 31.9. The molecule has 0 amide bonds. The van der Waals surface area contributed by atoms with Gasteiger partial charge in [-0.15, -0.1) is 0 Å². The topological polar surface area (TPSA) is 47.6 Å². The van der Waals surface area contributed by atoms with Crippen LogP contribution in [0.25, 0.3) is 0 Å². The number of Topliss-reactive ketones (excluding diaryl/α,β-unsaturated/α-hetero) is 1. The van der Waals surface area contributed by atoms with Gasteiger partial charge in [0.1, 0.15) is 5.78 Å². The molecular formula is C40H81NO3. The first-order valence-corrected chi connectivity index (χ1v) is 19.3. The smallest absolute Gasteiger partial charge is 0.138 e. The van der Waals surface area contributed by atoms with E-state index >= 15 is 0 Å². The Balaban J connectivity index is 4.66. The lowest BCUT2D eigenvalue weighted by Crippen LogP contribution is -2.44. The third-order valence-corrected chi connectivity index (χ3v) is 10.0. The molecular weight excluding hydrogens is 542 g/mol.